The molecule has 1 N–H and O–H groups in total. The van der Waals surface area contributed by atoms with Crippen molar-refractivity contribution in [1.82, 2.24) is 4.98 Å². The first kappa shape index (κ1) is 15.1. The number of aromatic nitrogens is 1. The number of nitrogens with one attached hydrogen (secondary N) is 1. The van der Waals surface area contributed by atoms with Gasteiger partial charge in [0.1, 0.15) is 11.1 Å². The maximum atomic E-state index is 12.3. The first-order chi connectivity index (χ1) is 10.2. The standard InChI is InChI=1S/C16H15N3OS/c1-11-14(8-12(9-17)16(19-11)21-2)15(20)10-18-13-6-4-3-5-7-13/h3-8,18H,10H2,1-2H3. The van der Waals surface area contributed by atoms with Gasteiger partial charge in [0, 0.05) is 16.9 Å². The molecule has 0 spiro atoms. The molecule has 21 heavy (non-hydrogen) atoms. The van der Waals surface area contributed by atoms with Crippen molar-refractivity contribution in [1.29, 1.82) is 5.26 Å². The van der Waals surface area contributed by atoms with E-state index in [4.69, 9.17) is 5.26 Å². The molecule has 0 atom stereocenters. The number of para-hydroxylation sites is 1. The highest BCUT2D eigenvalue weighted by Gasteiger charge is 2.14. The van der Waals surface area contributed by atoms with Gasteiger partial charge < -0.3 is 5.32 Å². The highest BCUT2D eigenvalue weighted by Crippen LogP contribution is 2.20. The van der Waals surface area contributed by atoms with Gasteiger partial charge >= 0.3 is 0 Å². The second-order valence-electron chi connectivity index (χ2n) is 4.43. The summed E-state index contributed by atoms with van der Waals surface area (Å²) in [6.07, 6.45) is 1.86. The Morgan fingerprint density at radius 2 is 2.10 bits per heavy atom. The van der Waals surface area contributed by atoms with E-state index in [1.54, 1.807) is 13.0 Å². The molecule has 0 radical (unpaired) electrons. The monoisotopic (exact) mass is 297 g/mol. The Bertz CT molecular complexity index is 693. The molecule has 0 unspecified atom stereocenters. The molecule has 0 aliphatic carbocycles. The van der Waals surface area contributed by atoms with Crippen molar-refractivity contribution < 1.29 is 4.79 Å². The second-order valence-corrected chi connectivity index (χ2v) is 5.23. The van der Waals surface area contributed by atoms with Gasteiger partial charge in [-0.25, -0.2) is 4.98 Å². The lowest BCUT2D eigenvalue weighted by molar-refractivity contribution is 0.100. The van der Waals surface area contributed by atoms with Crippen LogP contribution < -0.4 is 5.32 Å². The molecule has 2 aromatic rings. The molecule has 0 amide bonds. The van der Waals surface area contributed by atoms with E-state index in [-0.39, 0.29) is 12.3 Å². The van der Waals surface area contributed by atoms with Crippen molar-refractivity contribution in [2.75, 3.05) is 18.1 Å². The van der Waals surface area contributed by atoms with Crippen molar-refractivity contribution in [3.8, 4) is 6.07 Å². The lowest BCUT2D eigenvalue weighted by Crippen LogP contribution is -2.16. The largest absolute Gasteiger partial charge is 0.378 e. The normalized spacial score (nSPS) is 9.95. The number of Topliss-reactive ketones (excluding diaryl/α,β-unsaturated/α-hetero) is 1. The Kier molecular flexibility index (Phi) is 4.96. The minimum Gasteiger partial charge on any atom is -0.378 e. The summed E-state index contributed by atoms with van der Waals surface area (Å²) in [5.41, 5.74) is 2.47. The molecule has 0 saturated carbocycles. The van der Waals surface area contributed by atoms with E-state index in [0.717, 1.165) is 5.69 Å². The SMILES string of the molecule is CSc1nc(C)c(C(=O)CNc2ccccc2)cc1C#N. The van der Waals surface area contributed by atoms with Gasteiger partial charge in [0.15, 0.2) is 5.78 Å². The van der Waals surface area contributed by atoms with Crippen molar-refractivity contribution in [2.45, 2.75) is 11.9 Å². The van der Waals surface area contributed by atoms with Gasteiger partial charge in [-0.3, -0.25) is 4.79 Å². The van der Waals surface area contributed by atoms with Crippen LogP contribution in [-0.2, 0) is 0 Å². The molecule has 0 fully saturated rings. The number of carbonyl (C=O) groups excluding carboxylic acids is 1. The van der Waals surface area contributed by atoms with E-state index in [0.29, 0.717) is 21.8 Å². The Morgan fingerprint density at radius 1 is 1.38 bits per heavy atom. The number of anilines is 1. The quantitative estimate of drug-likeness (QED) is 0.677. The number of ketones is 1. The van der Waals surface area contributed by atoms with Gasteiger partial charge in [0.25, 0.3) is 0 Å². The fourth-order valence-corrected chi connectivity index (χ4v) is 2.49. The molecule has 0 aliphatic rings. The summed E-state index contributed by atoms with van der Waals surface area (Å²) >= 11 is 1.40. The third kappa shape index (κ3) is 3.61. The molecule has 1 aromatic carbocycles. The van der Waals surface area contributed by atoms with Crippen LogP contribution in [0, 0.1) is 18.3 Å². The number of pyridine rings is 1. The Balaban J connectivity index is 2.18. The molecule has 2 rings (SSSR count). The van der Waals surface area contributed by atoms with Crippen LogP contribution in [0.25, 0.3) is 0 Å². The summed E-state index contributed by atoms with van der Waals surface area (Å²) in [5.74, 6) is -0.0759. The number of benzene rings is 1. The van der Waals surface area contributed by atoms with Crippen LogP contribution in [0.15, 0.2) is 41.4 Å². The van der Waals surface area contributed by atoms with E-state index >= 15 is 0 Å². The summed E-state index contributed by atoms with van der Waals surface area (Å²) in [5, 5.41) is 12.9. The fraction of sp³-hybridized carbons (Fsp3) is 0.188. The number of rotatable bonds is 5. The average molecular weight is 297 g/mol. The topological polar surface area (TPSA) is 65.8 Å². The third-order valence-electron chi connectivity index (χ3n) is 3.02. The number of hydrogen-bond donors (Lipinski definition) is 1. The van der Waals surface area contributed by atoms with Crippen molar-refractivity contribution in [3.05, 3.63) is 53.2 Å². The molecule has 0 aliphatic heterocycles. The lowest BCUT2D eigenvalue weighted by Gasteiger charge is -2.09. The van der Waals surface area contributed by atoms with Crippen LogP contribution in [0.2, 0.25) is 0 Å². The van der Waals surface area contributed by atoms with E-state index in [2.05, 4.69) is 16.4 Å². The number of aryl methyl sites for hydroxylation is 1. The maximum absolute atomic E-state index is 12.3. The number of thioether (sulfide) groups is 1. The molecule has 4 nitrogen and oxygen atoms in total. The van der Waals surface area contributed by atoms with Crippen LogP contribution in [0.4, 0.5) is 5.69 Å². The number of hydrogen-bond acceptors (Lipinski definition) is 5. The first-order valence-electron chi connectivity index (χ1n) is 6.43. The third-order valence-corrected chi connectivity index (χ3v) is 3.72. The fourth-order valence-electron chi connectivity index (χ4n) is 1.93. The highest BCUT2D eigenvalue weighted by atomic mass is 32.2. The summed E-state index contributed by atoms with van der Waals surface area (Å²) in [7, 11) is 0. The summed E-state index contributed by atoms with van der Waals surface area (Å²) in [6, 6.07) is 13.2. The van der Waals surface area contributed by atoms with Crippen LogP contribution >= 0.6 is 11.8 Å². The number of nitrogens with zero attached hydrogens (tertiary/aromatic N) is 2. The highest BCUT2D eigenvalue weighted by molar-refractivity contribution is 7.98. The zero-order valence-corrected chi connectivity index (χ0v) is 12.7. The number of nitriles is 1. The van der Waals surface area contributed by atoms with Gasteiger partial charge in [-0.2, -0.15) is 5.26 Å². The summed E-state index contributed by atoms with van der Waals surface area (Å²) in [6.45, 7) is 1.96. The predicted octanol–water partition coefficient (Wildman–Crippen LogP) is 3.28. The summed E-state index contributed by atoms with van der Waals surface area (Å²) in [4.78, 5) is 16.6. The Hall–Kier alpha value is -2.32. The van der Waals surface area contributed by atoms with Gasteiger partial charge in [-0.1, -0.05) is 18.2 Å². The smallest absolute Gasteiger partial charge is 0.183 e. The minimum atomic E-state index is -0.0759. The van der Waals surface area contributed by atoms with E-state index in [1.165, 1.54) is 11.8 Å². The molecular weight excluding hydrogens is 282 g/mol. The van der Waals surface area contributed by atoms with Crippen molar-refractivity contribution in [3.63, 3.8) is 0 Å². The van der Waals surface area contributed by atoms with Gasteiger partial charge in [0.05, 0.1) is 12.1 Å². The van der Waals surface area contributed by atoms with Crippen molar-refractivity contribution >= 4 is 23.2 Å². The first-order valence-corrected chi connectivity index (χ1v) is 7.66. The molecule has 5 heteroatoms. The van der Waals surface area contributed by atoms with Crippen LogP contribution in [-0.4, -0.2) is 23.6 Å². The van der Waals surface area contributed by atoms with Crippen molar-refractivity contribution in [2.24, 2.45) is 0 Å². The van der Waals surface area contributed by atoms with Gasteiger partial charge in [0.2, 0.25) is 0 Å². The van der Waals surface area contributed by atoms with Crippen LogP contribution in [0.3, 0.4) is 0 Å². The average Bonchev–Trinajstić information content (AvgIpc) is 2.53. The Morgan fingerprint density at radius 3 is 2.71 bits per heavy atom. The molecule has 0 saturated heterocycles. The van der Waals surface area contributed by atoms with E-state index in [1.807, 2.05) is 36.6 Å². The lowest BCUT2D eigenvalue weighted by atomic mass is 10.1. The van der Waals surface area contributed by atoms with E-state index < -0.39 is 0 Å². The Labute approximate surface area is 128 Å². The molecule has 0 bridgehead atoms. The minimum absolute atomic E-state index is 0.0759. The second kappa shape index (κ2) is 6.91. The summed E-state index contributed by atoms with van der Waals surface area (Å²) < 4.78 is 0. The van der Waals surface area contributed by atoms with Crippen LogP contribution in [0.5, 0.6) is 0 Å². The molecule has 106 valence electrons. The number of carbonyl (C=O) groups is 1. The predicted molar refractivity (Wildman–Crippen MR) is 84.7 cm³/mol. The van der Waals surface area contributed by atoms with E-state index in [9.17, 15) is 4.79 Å². The van der Waals surface area contributed by atoms with Crippen LogP contribution in [0.1, 0.15) is 21.6 Å². The zero-order valence-electron chi connectivity index (χ0n) is 11.9. The molecule has 1 heterocycles. The van der Waals surface area contributed by atoms with Gasteiger partial charge in [-0.15, -0.1) is 11.8 Å². The van der Waals surface area contributed by atoms with Gasteiger partial charge in [-0.05, 0) is 31.4 Å². The molecular formula is C16H15N3OS. The zero-order chi connectivity index (χ0) is 15.2. The molecule has 1 aromatic heterocycles. The maximum Gasteiger partial charge on any atom is 0.183 e.